The normalized spacial score (nSPS) is 21.7. The van der Waals surface area contributed by atoms with E-state index in [2.05, 4.69) is 24.6 Å². The fraction of sp³-hybridized carbons (Fsp3) is 0.407. The highest BCUT2D eigenvalue weighted by Gasteiger charge is 2.49. The van der Waals surface area contributed by atoms with Crippen molar-refractivity contribution in [1.82, 2.24) is 29.1 Å². The van der Waals surface area contributed by atoms with Crippen LogP contribution in [0.2, 0.25) is 5.02 Å². The van der Waals surface area contributed by atoms with Crippen LogP contribution in [0.4, 0.5) is 11.8 Å². The molecule has 1 aliphatic heterocycles. The van der Waals surface area contributed by atoms with Gasteiger partial charge in [-0.05, 0) is 63.1 Å². The molecule has 0 bridgehead atoms. The van der Waals surface area contributed by atoms with E-state index in [0.29, 0.717) is 24.5 Å². The number of piperidine rings is 1. The third-order valence-electron chi connectivity index (χ3n) is 7.42. The molecule has 5 heterocycles. The molecule has 1 fully saturated rings. The second-order valence-corrected chi connectivity index (χ2v) is 14.4. The largest absolute Gasteiger partial charge is 0.382 e. The van der Waals surface area contributed by atoms with Crippen LogP contribution in [0.1, 0.15) is 52.3 Å². The molecule has 6 rings (SSSR count). The summed E-state index contributed by atoms with van der Waals surface area (Å²) in [6.07, 6.45) is 11.0. The number of pyridine rings is 2. The van der Waals surface area contributed by atoms with E-state index in [1.807, 2.05) is 55.8 Å². The van der Waals surface area contributed by atoms with E-state index in [0.717, 1.165) is 45.5 Å². The zero-order valence-corrected chi connectivity index (χ0v) is 24.4. The van der Waals surface area contributed by atoms with Gasteiger partial charge in [0.2, 0.25) is 5.95 Å². The molecule has 0 amide bonds. The van der Waals surface area contributed by atoms with Crippen LogP contribution >= 0.6 is 23.4 Å². The number of halogens is 1. The van der Waals surface area contributed by atoms with Gasteiger partial charge in [0.05, 0.1) is 33.0 Å². The van der Waals surface area contributed by atoms with Crippen LogP contribution < -0.4 is 15.4 Å². The SMILES string of the molecule is [2H][C@@]1(N[S@](=O)C(C)(C)C)c2cccnc2CC12CCN(c1ncc(Sc3ccnc(N)c3Cl)c3nccn13)CC2. The summed E-state index contributed by atoms with van der Waals surface area (Å²) < 4.78 is 27.8. The van der Waals surface area contributed by atoms with E-state index >= 15 is 0 Å². The summed E-state index contributed by atoms with van der Waals surface area (Å²) in [6.45, 7) is 7.16. The van der Waals surface area contributed by atoms with Crippen LogP contribution in [0.15, 0.2) is 59.0 Å². The average Bonchev–Trinajstić information content (AvgIpc) is 3.50. The van der Waals surface area contributed by atoms with Crippen LogP contribution in [0.3, 0.4) is 0 Å². The van der Waals surface area contributed by atoms with Gasteiger partial charge in [0.1, 0.15) is 5.82 Å². The van der Waals surface area contributed by atoms with E-state index in [-0.39, 0.29) is 5.82 Å². The Labute approximate surface area is 241 Å². The van der Waals surface area contributed by atoms with Crippen LogP contribution in [0.5, 0.6) is 0 Å². The monoisotopic (exact) mass is 583 g/mol. The van der Waals surface area contributed by atoms with Gasteiger partial charge in [-0.3, -0.25) is 9.38 Å². The minimum absolute atomic E-state index is 0.286. The average molecular weight is 584 g/mol. The quantitative estimate of drug-likeness (QED) is 0.343. The molecule has 0 saturated carbocycles. The first-order valence-electron chi connectivity index (χ1n) is 13.3. The van der Waals surface area contributed by atoms with Crippen molar-refractivity contribution in [2.45, 2.75) is 60.6 Å². The number of rotatable bonds is 5. The molecule has 0 aromatic carbocycles. The Morgan fingerprint density at radius 2 is 1.95 bits per heavy atom. The topological polar surface area (TPSA) is 114 Å². The summed E-state index contributed by atoms with van der Waals surface area (Å²) in [5, 5.41) is 0.412. The van der Waals surface area contributed by atoms with Gasteiger partial charge < -0.3 is 10.6 Å². The Morgan fingerprint density at radius 3 is 2.72 bits per heavy atom. The number of hydrogen-bond donors (Lipinski definition) is 2. The third kappa shape index (κ3) is 4.79. The maximum atomic E-state index is 13.3. The van der Waals surface area contributed by atoms with Gasteiger partial charge in [-0.25, -0.2) is 23.9 Å². The molecule has 9 nitrogen and oxygen atoms in total. The number of nitrogens with two attached hydrogens (primary N) is 1. The van der Waals surface area contributed by atoms with Crippen molar-refractivity contribution in [2.75, 3.05) is 23.7 Å². The van der Waals surface area contributed by atoms with E-state index < -0.39 is 27.2 Å². The number of nitrogens with zero attached hydrogens (tertiary/aromatic N) is 6. The zero-order valence-electron chi connectivity index (χ0n) is 23.0. The van der Waals surface area contributed by atoms with E-state index in [1.54, 1.807) is 18.6 Å². The Bertz CT molecular complexity index is 1620. The number of anilines is 2. The molecule has 3 N–H and O–H groups in total. The number of aromatic nitrogens is 5. The lowest BCUT2D eigenvalue weighted by Gasteiger charge is -2.44. The summed E-state index contributed by atoms with van der Waals surface area (Å²) in [7, 11) is -1.41. The minimum atomic E-state index is -1.41. The number of imidazole rings is 1. The highest BCUT2D eigenvalue weighted by molar-refractivity contribution is 7.99. The lowest BCUT2D eigenvalue weighted by molar-refractivity contribution is 0.176. The van der Waals surface area contributed by atoms with Crippen LogP contribution in [0, 0.1) is 5.41 Å². The third-order valence-corrected chi connectivity index (χ3v) is 10.5. The molecular weight excluding hydrogens is 552 g/mol. The molecule has 12 heteroatoms. The smallest absolute Gasteiger partial charge is 0.211 e. The second kappa shape index (κ2) is 10.0. The second-order valence-electron chi connectivity index (χ2n) is 11.0. The van der Waals surface area contributed by atoms with Crippen molar-refractivity contribution in [1.29, 1.82) is 0 Å². The van der Waals surface area contributed by atoms with Gasteiger partial charge in [-0.1, -0.05) is 29.4 Å². The maximum absolute atomic E-state index is 13.3. The predicted molar refractivity (Wildman–Crippen MR) is 156 cm³/mol. The standard InChI is InChI=1S/C27H31ClN8OS2/c1-26(2,3)39(37)34-22-17-5-4-9-30-18(17)15-27(22)7-12-35(13-8-27)25-33-16-20(24-32-11-14-36(24)25)38-19-6-10-31-23(29)21(19)28/h4-6,9-11,14,16,22,34H,7-8,12-13,15H2,1-3H3,(H2,29,31)/t22-,39-/m1/s1/i22D. The maximum Gasteiger partial charge on any atom is 0.211 e. The van der Waals surface area contributed by atoms with Crippen LogP contribution in [0.25, 0.3) is 5.65 Å². The van der Waals surface area contributed by atoms with Crippen LogP contribution in [-0.2, 0) is 17.4 Å². The molecule has 1 saturated heterocycles. The van der Waals surface area contributed by atoms with Crippen molar-refractivity contribution in [3.63, 3.8) is 0 Å². The molecule has 204 valence electrons. The summed E-state index contributed by atoms with van der Waals surface area (Å²) in [6, 6.07) is 4.44. The van der Waals surface area contributed by atoms with Crippen LogP contribution in [-0.4, -0.2) is 46.4 Å². The van der Waals surface area contributed by atoms with Crippen molar-refractivity contribution in [2.24, 2.45) is 5.41 Å². The number of hydrogen-bond acceptors (Lipinski definition) is 8. The summed E-state index contributed by atoms with van der Waals surface area (Å²) in [4.78, 5) is 22.0. The van der Waals surface area contributed by atoms with E-state index in [4.69, 9.17) is 22.3 Å². The van der Waals surface area contributed by atoms with Crippen molar-refractivity contribution in [3.8, 4) is 0 Å². The fourth-order valence-electron chi connectivity index (χ4n) is 5.30. The summed E-state index contributed by atoms with van der Waals surface area (Å²) >= 11 is 7.83. The lowest BCUT2D eigenvalue weighted by atomic mass is 9.73. The van der Waals surface area contributed by atoms with E-state index in [1.165, 1.54) is 11.8 Å². The molecule has 1 spiro atoms. The number of nitrogen functional groups attached to an aromatic ring is 1. The Kier molecular flexibility index (Phi) is 6.49. The molecule has 39 heavy (non-hydrogen) atoms. The first-order chi connectivity index (χ1) is 19.0. The molecule has 2 atom stereocenters. The van der Waals surface area contributed by atoms with Gasteiger partial charge >= 0.3 is 0 Å². The lowest BCUT2D eigenvalue weighted by Crippen LogP contribution is -2.48. The van der Waals surface area contributed by atoms with Gasteiger partial charge in [0, 0.05) is 54.7 Å². The number of fused-ring (bicyclic) bond motifs is 2. The summed E-state index contributed by atoms with van der Waals surface area (Å²) in [5.41, 5.74) is 7.97. The number of nitrogens with one attached hydrogen (secondary N) is 1. The Hall–Kier alpha value is -2.73. The van der Waals surface area contributed by atoms with Crippen molar-refractivity contribution < 1.29 is 5.58 Å². The molecule has 4 aromatic heterocycles. The molecule has 4 aromatic rings. The first-order valence-corrected chi connectivity index (χ1v) is 15.2. The van der Waals surface area contributed by atoms with E-state index in [9.17, 15) is 5.58 Å². The molecule has 0 unspecified atom stereocenters. The fourth-order valence-corrected chi connectivity index (χ4v) is 7.25. The predicted octanol–water partition coefficient (Wildman–Crippen LogP) is 4.84. The van der Waals surface area contributed by atoms with Crippen molar-refractivity contribution in [3.05, 3.63) is 65.5 Å². The Morgan fingerprint density at radius 1 is 1.15 bits per heavy atom. The van der Waals surface area contributed by atoms with Crippen molar-refractivity contribution >= 4 is 51.8 Å². The highest BCUT2D eigenvalue weighted by atomic mass is 35.5. The minimum Gasteiger partial charge on any atom is -0.382 e. The van der Waals surface area contributed by atoms with Gasteiger partial charge in [0.25, 0.3) is 0 Å². The molecular formula is C27H31ClN8OS2. The molecule has 1 aliphatic carbocycles. The highest BCUT2D eigenvalue weighted by Crippen LogP contribution is 2.52. The van der Waals surface area contributed by atoms with Gasteiger partial charge in [-0.15, -0.1) is 0 Å². The summed E-state index contributed by atoms with van der Waals surface area (Å²) in [5.74, 6) is 1.08. The van der Waals surface area contributed by atoms with Gasteiger partial charge in [-0.2, -0.15) is 0 Å². The molecule has 2 aliphatic rings. The zero-order chi connectivity index (χ0) is 28.3. The molecule has 0 radical (unpaired) electrons. The first kappa shape index (κ1) is 25.3. The van der Waals surface area contributed by atoms with Gasteiger partial charge in [0.15, 0.2) is 5.65 Å². The Balaban J connectivity index is 1.28.